The lowest BCUT2D eigenvalue weighted by atomic mass is 10.1. The van der Waals surface area contributed by atoms with E-state index in [1.165, 1.54) is 0 Å². The summed E-state index contributed by atoms with van der Waals surface area (Å²) in [6.45, 7) is 4.84. The highest BCUT2D eigenvalue weighted by Crippen LogP contribution is 2.28. The molecule has 1 aliphatic rings. The molecule has 0 aromatic carbocycles. The maximum absolute atomic E-state index is 9.17. The number of hydrogen-bond donors (Lipinski definition) is 1. The minimum absolute atomic E-state index is 0.0725. The van der Waals surface area contributed by atoms with Crippen LogP contribution in [0, 0.1) is 6.92 Å². The van der Waals surface area contributed by atoms with Gasteiger partial charge >= 0.3 is 0 Å². The topological polar surface area (TPSA) is 51.6 Å². The molecule has 1 N–H and O–H groups in total. The van der Waals surface area contributed by atoms with Crippen LogP contribution in [0.3, 0.4) is 0 Å². The predicted octanol–water partition coefficient (Wildman–Crippen LogP) is 1.18. The molecule has 1 aliphatic heterocycles. The number of aliphatic hydroxyl groups excluding tert-OH is 1. The number of aromatic nitrogens is 1. The Hall–Kier alpha value is -1.13. The van der Waals surface area contributed by atoms with E-state index >= 15 is 0 Å². The van der Waals surface area contributed by atoms with Crippen LogP contribution in [-0.4, -0.2) is 22.8 Å². The Bertz CT molecular complexity index is 365. The van der Waals surface area contributed by atoms with Crippen LogP contribution in [0.25, 0.3) is 0 Å². The Morgan fingerprint density at radius 3 is 3.13 bits per heavy atom. The normalized spacial score (nSPS) is 20.3. The van der Waals surface area contributed by atoms with Gasteiger partial charge in [-0.25, -0.2) is 0 Å². The van der Waals surface area contributed by atoms with Crippen molar-refractivity contribution in [1.82, 2.24) is 4.98 Å². The molecular formula is C11H15NO3. The summed E-state index contributed by atoms with van der Waals surface area (Å²) in [5.74, 6) is 0.818. The Morgan fingerprint density at radius 1 is 1.60 bits per heavy atom. The molecule has 1 aromatic heterocycles. The second-order valence-corrected chi connectivity index (χ2v) is 3.79. The molecule has 15 heavy (non-hydrogen) atoms. The van der Waals surface area contributed by atoms with Gasteiger partial charge in [0, 0.05) is 17.3 Å². The fraction of sp³-hybridized carbons (Fsp3) is 0.545. The van der Waals surface area contributed by atoms with Gasteiger partial charge in [-0.1, -0.05) is 0 Å². The zero-order valence-corrected chi connectivity index (χ0v) is 8.99. The van der Waals surface area contributed by atoms with E-state index in [1.54, 1.807) is 6.20 Å². The predicted molar refractivity (Wildman–Crippen MR) is 54.6 cm³/mol. The third-order valence-corrected chi connectivity index (χ3v) is 2.52. The summed E-state index contributed by atoms with van der Waals surface area (Å²) in [6.07, 6.45) is 1.80. The van der Waals surface area contributed by atoms with E-state index in [-0.39, 0.29) is 12.7 Å². The average molecular weight is 209 g/mol. The smallest absolute Gasteiger partial charge is 0.131 e. The molecule has 0 saturated heterocycles. The lowest BCUT2D eigenvalue weighted by Gasteiger charge is -2.11. The van der Waals surface area contributed by atoms with Crippen molar-refractivity contribution in [2.24, 2.45) is 0 Å². The Morgan fingerprint density at radius 2 is 2.40 bits per heavy atom. The second-order valence-electron chi connectivity index (χ2n) is 3.79. The van der Waals surface area contributed by atoms with Crippen molar-refractivity contribution < 1.29 is 14.6 Å². The van der Waals surface area contributed by atoms with Crippen LogP contribution < -0.4 is 4.74 Å². The molecule has 0 bridgehead atoms. The second kappa shape index (κ2) is 4.16. The molecule has 0 fully saturated rings. The molecule has 0 amide bonds. The van der Waals surface area contributed by atoms with Crippen LogP contribution in [0.5, 0.6) is 5.75 Å². The third-order valence-electron chi connectivity index (χ3n) is 2.52. The minimum atomic E-state index is -0.0796. The summed E-state index contributed by atoms with van der Waals surface area (Å²) < 4.78 is 11.2. The van der Waals surface area contributed by atoms with Gasteiger partial charge in [-0.3, -0.25) is 4.98 Å². The number of nitrogens with zero attached hydrogens (tertiary/aromatic N) is 1. The van der Waals surface area contributed by atoms with Gasteiger partial charge in [0.25, 0.3) is 0 Å². The summed E-state index contributed by atoms with van der Waals surface area (Å²) in [5, 5.41) is 9.17. The zero-order valence-electron chi connectivity index (χ0n) is 8.99. The number of ether oxygens (including phenoxy) is 2. The maximum Gasteiger partial charge on any atom is 0.131 e. The van der Waals surface area contributed by atoms with Gasteiger partial charge in [-0.15, -0.1) is 0 Å². The fourth-order valence-electron chi connectivity index (χ4n) is 1.64. The lowest BCUT2D eigenvalue weighted by molar-refractivity contribution is 0.0354. The molecule has 4 nitrogen and oxygen atoms in total. The monoisotopic (exact) mass is 209 g/mol. The number of aliphatic hydroxyl groups is 1. The SMILES string of the molecule is Cc1cnc(CO)c2c1OCC(C)OC2. The molecule has 0 saturated carbocycles. The first-order valence-electron chi connectivity index (χ1n) is 5.05. The summed E-state index contributed by atoms with van der Waals surface area (Å²) in [5.41, 5.74) is 2.51. The van der Waals surface area contributed by atoms with Gasteiger partial charge in [0.15, 0.2) is 0 Å². The van der Waals surface area contributed by atoms with Crippen LogP contribution >= 0.6 is 0 Å². The van der Waals surface area contributed by atoms with E-state index < -0.39 is 0 Å². The van der Waals surface area contributed by atoms with Gasteiger partial charge in [-0.05, 0) is 13.8 Å². The first-order valence-corrected chi connectivity index (χ1v) is 5.05. The summed E-state index contributed by atoms with van der Waals surface area (Å²) >= 11 is 0. The standard InChI is InChI=1S/C11H15NO3/c1-7-3-12-10(4-13)9-6-14-8(2)5-15-11(7)9/h3,8,13H,4-6H2,1-2H3. The zero-order chi connectivity index (χ0) is 10.8. The number of pyridine rings is 1. The maximum atomic E-state index is 9.17. The third kappa shape index (κ3) is 1.96. The van der Waals surface area contributed by atoms with E-state index in [1.807, 2.05) is 13.8 Å². The van der Waals surface area contributed by atoms with E-state index in [0.717, 1.165) is 16.9 Å². The summed E-state index contributed by atoms with van der Waals surface area (Å²) in [6, 6.07) is 0. The van der Waals surface area contributed by atoms with Crippen molar-refractivity contribution in [2.45, 2.75) is 33.2 Å². The molecule has 82 valence electrons. The minimum Gasteiger partial charge on any atom is -0.490 e. The molecule has 2 rings (SSSR count). The molecule has 0 spiro atoms. The molecular weight excluding hydrogens is 194 g/mol. The first-order chi connectivity index (χ1) is 7.22. The Labute approximate surface area is 88.9 Å². The van der Waals surface area contributed by atoms with Crippen LogP contribution in [0.1, 0.15) is 23.7 Å². The number of rotatable bonds is 1. The average Bonchev–Trinajstić information content (AvgIpc) is 2.43. The number of aryl methyl sites for hydroxylation is 1. The van der Waals surface area contributed by atoms with E-state index in [9.17, 15) is 0 Å². The van der Waals surface area contributed by atoms with Crippen molar-refractivity contribution in [2.75, 3.05) is 6.61 Å². The van der Waals surface area contributed by atoms with Gasteiger partial charge in [-0.2, -0.15) is 0 Å². The molecule has 1 atom stereocenters. The van der Waals surface area contributed by atoms with Gasteiger partial charge in [0.1, 0.15) is 12.4 Å². The van der Waals surface area contributed by atoms with Gasteiger partial charge < -0.3 is 14.6 Å². The van der Waals surface area contributed by atoms with Crippen molar-refractivity contribution in [3.8, 4) is 5.75 Å². The van der Waals surface area contributed by atoms with E-state index in [4.69, 9.17) is 14.6 Å². The molecule has 4 heteroatoms. The van der Waals surface area contributed by atoms with Crippen LogP contribution in [0.15, 0.2) is 6.20 Å². The Kier molecular flexibility index (Phi) is 2.88. The van der Waals surface area contributed by atoms with E-state index in [0.29, 0.717) is 18.9 Å². The largest absolute Gasteiger partial charge is 0.490 e. The van der Waals surface area contributed by atoms with Crippen LogP contribution in [0.2, 0.25) is 0 Å². The van der Waals surface area contributed by atoms with Crippen LogP contribution in [-0.2, 0) is 18.0 Å². The van der Waals surface area contributed by atoms with Crippen molar-refractivity contribution in [3.63, 3.8) is 0 Å². The molecule has 0 radical (unpaired) electrons. The van der Waals surface area contributed by atoms with E-state index in [2.05, 4.69) is 4.98 Å². The quantitative estimate of drug-likeness (QED) is 0.754. The summed E-state index contributed by atoms with van der Waals surface area (Å²) in [4.78, 5) is 4.17. The Balaban J connectivity index is 2.44. The van der Waals surface area contributed by atoms with Crippen LogP contribution in [0.4, 0.5) is 0 Å². The molecule has 1 unspecified atom stereocenters. The van der Waals surface area contributed by atoms with Gasteiger partial charge in [0.2, 0.25) is 0 Å². The number of fused-ring (bicyclic) bond motifs is 1. The summed E-state index contributed by atoms with van der Waals surface area (Å²) in [7, 11) is 0. The molecule has 0 aliphatic carbocycles. The fourth-order valence-corrected chi connectivity index (χ4v) is 1.64. The number of hydrogen-bond acceptors (Lipinski definition) is 4. The van der Waals surface area contributed by atoms with Crippen molar-refractivity contribution >= 4 is 0 Å². The highest BCUT2D eigenvalue weighted by molar-refractivity contribution is 5.42. The molecule has 2 heterocycles. The van der Waals surface area contributed by atoms with Crippen molar-refractivity contribution in [3.05, 3.63) is 23.0 Å². The lowest BCUT2D eigenvalue weighted by Crippen LogP contribution is -2.14. The van der Waals surface area contributed by atoms with Crippen molar-refractivity contribution in [1.29, 1.82) is 0 Å². The molecule has 1 aromatic rings. The highest BCUT2D eigenvalue weighted by Gasteiger charge is 2.19. The first kappa shape index (κ1) is 10.4. The highest BCUT2D eigenvalue weighted by atomic mass is 16.5. The van der Waals surface area contributed by atoms with Gasteiger partial charge in [0.05, 0.1) is 25.0 Å².